The number of amides is 1. The van der Waals surface area contributed by atoms with E-state index in [1.807, 2.05) is 49.5 Å². The van der Waals surface area contributed by atoms with Gasteiger partial charge in [0.25, 0.3) is 5.91 Å². The molecule has 7 heteroatoms. The summed E-state index contributed by atoms with van der Waals surface area (Å²) < 4.78 is 1.81. The lowest BCUT2D eigenvalue weighted by Crippen LogP contribution is -2.37. The van der Waals surface area contributed by atoms with Crippen LogP contribution in [-0.2, 0) is 0 Å². The Balaban J connectivity index is 1.55. The number of nitrogens with one attached hydrogen (secondary N) is 2. The quantitative estimate of drug-likeness (QED) is 0.556. The van der Waals surface area contributed by atoms with Gasteiger partial charge in [0.2, 0.25) is 0 Å². The van der Waals surface area contributed by atoms with Gasteiger partial charge in [-0.2, -0.15) is 5.10 Å². The first kappa shape index (κ1) is 16.0. The van der Waals surface area contributed by atoms with E-state index >= 15 is 0 Å². The Bertz CT molecular complexity index is 1180. The van der Waals surface area contributed by atoms with Crippen LogP contribution in [0.4, 0.5) is 5.69 Å². The van der Waals surface area contributed by atoms with Crippen molar-refractivity contribution < 1.29 is 4.79 Å². The van der Waals surface area contributed by atoms with E-state index in [0.29, 0.717) is 4.88 Å². The molecule has 0 spiro atoms. The second-order valence-corrected chi connectivity index (χ2v) is 7.67. The molecule has 1 aliphatic heterocycles. The standard InChI is InChI=1S/C20H17N5OS/c1-11-8-12(2)22-20-15(11)16-17(27-20)19(26)24-18(23-16)13-9-21-25(10-13)14-6-4-3-5-7-14/h3-10,18,23H,1-2H3,(H,24,26). The van der Waals surface area contributed by atoms with E-state index in [4.69, 9.17) is 0 Å². The number of carbonyl (C=O) groups excluding carboxylic acids is 1. The van der Waals surface area contributed by atoms with Crippen LogP contribution in [0.3, 0.4) is 0 Å². The Hall–Kier alpha value is -3.19. The number of anilines is 1. The molecule has 5 rings (SSSR count). The number of nitrogens with zero attached hydrogens (tertiary/aromatic N) is 3. The molecular weight excluding hydrogens is 358 g/mol. The molecule has 0 bridgehead atoms. The molecule has 1 aliphatic rings. The molecular formula is C20H17N5OS. The highest BCUT2D eigenvalue weighted by Crippen LogP contribution is 2.40. The van der Waals surface area contributed by atoms with Crippen molar-refractivity contribution in [3.05, 3.63) is 70.5 Å². The fourth-order valence-corrected chi connectivity index (χ4v) is 4.65. The second kappa shape index (κ2) is 5.92. The minimum Gasteiger partial charge on any atom is -0.360 e. The van der Waals surface area contributed by atoms with Crippen molar-refractivity contribution in [3.63, 3.8) is 0 Å². The second-order valence-electron chi connectivity index (χ2n) is 6.67. The molecule has 27 heavy (non-hydrogen) atoms. The number of hydrogen-bond acceptors (Lipinski definition) is 5. The minimum absolute atomic E-state index is 0.0822. The summed E-state index contributed by atoms with van der Waals surface area (Å²) in [6.45, 7) is 4.03. The average molecular weight is 375 g/mol. The number of rotatable bonds is 2. The Labute approximate surface area is 159 Å². The zero-order valence-corrected chi connectivity index (χ0v) is 15.7. The molecule has 1 amide bonds. The first-order chi connectivity index (χ1) is 13.1. The maximum absolute atomic E-state index is 12.7. The Kier molecular flexibility index (Phi) is 3.51. The molecule has 1 aromatic carbocycles. The summed E-state index contributed by atoms with van der Waals surface area (Å²) in [5.41, 5.74) is 4.81. The van der Waals surface area contributed by atoms with Gasteiger partial charge in [0.15, 0.2) is 0 Å². The van der Waals surface area contributed by atoms with Crippen molar-refractivity contribution in [1.29, 1.82) is 0 Å². The van der Waals surface area contributed by atoms with Gasteiger partial charge in [0.05, 0.1) is 17.6 Å². The van der Waals surface area contributed by atoms with Crippen LogP contribution in [0.15, 0.2) is 48.8 Å². The van der Waals surface area contributed by atoms with Crippen molar-refractivity contribution in [3.8, 4) is 5.69 Å². The fourth-order valence-electron chi connectivity index (χ4n) is 3.49. The van der Waals surface area contributed by atoms with Crippen molar-refractivity contribution in [2.75, 3.05) is 5.32 Å². The predicted molar refractivity (Wildman–Crippen MR) is 106 cm³/mol. The summed E-state index contributed by atoms with van der Waals surface area (Å²) in [5, 5.41) is 12.0. The van der Waals surface area contributed by atoms with E-state index in [9.17, 15) is 4.79 Å². The highest BCUT2D eigenvalue weighted by molar-refractivity contribution is 7.21. The molecule has 0 saturated heterocycles. The molecule has 3 aromatic heterocycles. The minimum atomic E-state index is -0.332. The van der Waals surface area contributed by atoms with Crippen molar-refractivity contribution in [1.82, 2.24) is 20.1 Å². The lowest BCUT2D eigenvalue weighted by molar-refractivity contribution is 0.0940. The fraction of sp³-hybridized carbons (Fsp3) is 0.150. The highest BCUT2D eigenvalue weighted by atomic mass is 32.1. The molecule has 134 valence electrons. The zero-order chi connectivity index (χ0) is 18.5. The normalized spacial score (nSPS) is 16.1. The third-order valence-electron chi connectivity index (χ3n) is 4.71. The first-order valence-electron chi connectivity index (χ1n) is 8.68. The molecule has 4 aromatic rings. The number of aromatic nitrogens is 3. The summed E-state index contributed by atoms with van der Waals surface area (Å²) >= 11 is 1.43. The summed E-state index contributed by atoms with van der Waals surface area (Å²) in [6, 6.07) is 11.9. The Morgan fingerprint density at radius 1 is 1.15 bits per heavy atom. The summed E-state index contributed by atoms with van der Waals surface area (Å²) in [4.78, 5) is 18.9. The van der Waals surface area contributed by atoms with Crippen LogP contribution >= 0.6 is 11.3 Å². The molecule has 2 N–H and O–H groups in total. The number of pyridine rings is 1. The van der Waals surface area contributed by atoms with Gasteiger partial charge < -0.3 is 10.6 Å². The maximum atomic E-state index is 12.7. The van der Waals surface area contributed by atoms with Gasteiger partial charge in [-0.1, -0.05) is 18.2 Å². The van der Waals surface area contributed by atoms with E-state index in [1.54, 1.807) is 10.9 Å². The number of benzene rings is 1. The first-order valence-corrected chi connectivity index (χ1v) is 9.50. The lowest BCUT2D eigenvalue weighted by Gasteiger charge is -2.25. The van der Waals surface area contributed by atoms with Crippen LogP contribution in [0.2, 0.25) is 0 Å². The SMILES string of the molecule is Cc1cc(C)c2c3c(sc2n1)C(=O)NC(c1cnn(-c2ccccc2)c1)N3. The molecule has 1 atom stereocenters. The van der Waals surface area contributed by atoms with Gasteiger partial charge in [0.1, 0.15) is 15.9 Å². The molecule has 6 nitrogen and oxygen atoms in total. The lowest BCUT2D eigenvalue weighted by atomic mass is 10.1. The van der Waals surface area contributed by atoms with Gasteiger partial charge in [-0.25, -0.2) is 9.67 Å². The smallest absolute Gasteiger partial charge is 0.265 e. The van der Waals surface area contributed by atoms with Crippen LogP contribution in [0, 0.1) is 13.8 Å². The monoisotopic (exact) mass is 375 g/mol. The molecule has 0 saturated carbocycles. The summed E-state index contributed by atoms with van der Waals surface area (Å²) in [5.74, 6) is -0.0822. The van der Waals surface area contributed by atoms with Crippen LogP contribution < -0.4 is 10.6 Å². The highest BCUT2D eigenvalue weighted by Gasteiger charge is 2.30. The molecule has 0 fully saturated rings. The molecule has 0 aliphatic carbocycles. The number of fused-ring (bicyclic) bond motifs is 3. The maximum Gasteiger partial charge on any atom is 0.265 e. The number of hydrogen-bond donors (Lipinski definition) is 2. The zero-order valence-electron chi connectivity index (χ0n) is 14.9. The molecule has 0 radical (unpaired) electrons. The van der Waals surface area contributed by atoms with Gasteiger partial charge in [0, 0.05) is 22.8 Å². The summed E-state index contributed by atoms with van der Waals surface area (Å²) in [6.07, 6.45) is 3.38. The van der Waals surface area contributed by atoms with Gasteiger partial charge in [-0.3, -0.25) is 4.79 Å². The van der Waals surface area contributed by atoms with Crippen LogP contribution in [0.1, 0.15) is 32.7 Å². The number of para-hydroxylation sites is 1. The van der Waals surface area contributed by atoms with Gasteiger partial charge in [-0.15, -0.1) is 11.3 Å². The predicted octanol–water partition coefficient (Wildman–Crippen LogP) is 3.95. The van der Waals surface area contributed by atoms with Crippen molar-refractivity contribution in [2.24, 2.45) is 0 Å². The van der Waals surface area contributed by atoms with Gasteiger partial charge >= 0.3 is 0 Å². The largest absolute Gasteiger partial charge is 0.360 e. The topological polar surface area (TPSA) is 71.8 Å². The summed E-state index contributed by atoms with van der Waals surface area (Å²) in [7, 11) is 0. The Morgan fingerprint density at radius 3 is 2.78 bits per heavy atom. The van der Waals surface area contributed by atoms with E-state index in [-0.39, 0.29) is 12.1 Å². The van der Waals surface area contributed by atoms with Crippen LogP contribution in [0.5, 0.6) is 0 Å². The third kappa shape index (κ3) is 2.59. The third-order valence-corrected chi connectivity index (χ3v) is 5.80. The molecule has 4 heterocycles. The van der Waals surface area contributed by atoms with Crippen molar-refractivity contribution in [2.45, 2.75) is 20.0 Å². The van der Waals surface area contributed by atoms with Gasteiger partial charge in [-0.05, 0) is 37.6 Å². The van der Waals surface area contributed by atoms with Crippen LogP contribution in [0.25, 0.3) is 15.9 Å². The van der Waals surface area contributed by atoms with Crippen LogP contribution in [-0.4, -0.2) is 20.7 Å². The van der Waals surface area contributed by atoms with E-state index in [1.165, 1.54) is 11.3 Å². The Morgan fingerprint density at radius 2 is 1.96 bits per heavy atom. The average Bonchev–Trinajstić information content (AvgIpc) is 3.27. The molecule has 1 unspecified atom stereocenters. The van der Waals surface area contributed by atoms with Crippen molar-refractivity contribution >= 4 is 33.1 Å². The number of thiophene rings is 1. The number of aryl methyl sites for hydroxylation is 2. The number of carbonyl (C=O) groups is 1. The van der Waals surface area contributed by atoms with E-state index in [0.717, 1.165) is 38.4 Å². The van der Waals surface area contributed by atoms with E-state index in [2.05, 4.69) is 27.6 Å². The van der Waals surface area contributed by atoms with E-state index < -0.39 is 0 Å².